The third kappa shape index (κ3) is 5.34. The van der Waals surface area contributed by atoms with Crippen LogP contribution < -0.4 is 15.8 Å². The van der Waals surface area contributed by atoms with Gasteiger partial charge in [-0.2, -0.15) is 10.4 Å². The molecule has 2 fully saturated rings. The Bertz CT molecular complexity index is 1660. The van der Waals surface area contributed by atoms with Gasteiger partial charge in [-0.25, -0.2) is 19.0 Å². The number of likely N-dealkylation sites (tertiary alicyclic amines) is 1. The van der Waals surface area contributed by atoms with Gasteiger partial charge in [0.25, 0.3) is 5.91 Å². The minimum absolute atomic E-state index is 0.0336. The van der Waals surface area contributed by atoms with Crippen LogP contribution >= 0.6 is 0 Å². The van der Waals surface area contributed by atoms with Crippen molar-refractivity contribution in [2.24, 2.45) is 0 Å². The van der Waals surface area contributed by atoms with Crippen molar-refractivity contribution in [3.8, 4) is 28.8 Å². The maximum absolute atomic E-state index is 15.5. The number of nitrogens with one attached hydrogen (secondary N) is 1. The molecule has 2 atom stereocenters. The highest BCUT2D eigenvalue weighted by Gasteiger charge is 2.33. The number of ether oxygens (including phenoxy) is 1. The zero-order chi connectivity index (χ0) is 28.3. The van der Waals surface area contributed by atoms with Crippen molar-refractivity contribution in [3.05, 3.63) is 72.3 Å². The van der Waals surface area contributed by atoms with Crippen LogP contribution in [0.5, 0.6) is 11.5 Å². The molecule has 0 aliphatic carbocycles. The van der Waals surface area contributed by atoms with Gasteiger partial charge in [0.2, 0.25) is 0 Å². The average Bonchev–Trinajstić information content (AvgIpc) is 3.74. The first-order chi connectivity index (χ1) is 20.0. The van der Waals surface area contributed by atoms with Crippen molar-refractivity contribution in [1.82, 2.24) is 30.0 Å². The minimum atomic E-state index is -0.532. The molecule has 0 radical (unpaired) electrons. The Morgan fingerprint density at radius 2 is 2.02 bits per heavy atom. The molecule has 2 aliphatic rings. The quantitative estimate of drug-likeness (QED) is 0.257. The highest BCUT2D eigenvalue weighted by atomic mass is 19.1. The van der Waals surface area contributed by atoms with Gasteiger partial charge in [-0.05, 0) is 62.6 Å². The number of anilines is 1. The fourth-order valence-corrected chi connectivity index (χ4v) is 5.58. The molecule has 4 aromatic rings. The lowest BCUT2D eigenvalue weighted by atomic mass is 10.1. The van der Waals surface area contributed by atoms with Crippen molar-refractivity contribution >= 4 is 22.8 Å². The third-order valence-electron chi connectivity index (χ3n) is 7.57. The molecule has 11 heteroatoms. The van der Waals surface area contributed by atoms with Gasteiger partial charge < -0.3 is 20.7 Å². The Hall–Kier alpha value is -4.82. The van der Waals surface area contributed by atoms with Crippen LogP contribution in [0, 0.1) is 17.1 Å². The number of para-hydroxylation sites is 1. The molecule has 1 amide bonds. The van der Waals surface area contributed by atoms with Gasteiger partial charge in [0.1, 0.15) is 46.8 Å². The van der Waals surface area contributed by atoms with Crippen LogP contribution in [0.25, 0.3) is 22.3 Å². The van der Waals surface area contributed by atoms with Crippen molar-refractivity contribution in [3.63, 3.8) is 0 Å². The molecule has 2 saturated heterocycles. The van der Waals surface area contributed by atoms with E-state index in [2.05, 4.69) is 21.4 Å². The number of nitriles is 1. The highest BCUT2D eigenvalue weighted by Crippen LogP contribution is 2.35. The van der Waals surface area contributed by atoms with Crippen LogP contribution in [0.2, 0.25) is 0 Å². The Labute approximate surface area is 236 Å². The van der Waals surface area contributed by atoms with Crippen molar-refractivity contribution in [2.45, 2.75) is 44.3 Å². The van der Waals surface area contributed by atoms with Gasteiger partial charge in [-0.3, -0.25) is 4.79 Å². The predicted molar refractivity (Wildman–Crippen MR) is 151 cm³/mol. The summed E-state index contributed by atoms with van der Waals surface area (Å²) in [7, 11) is 0. The summed E-state index contributed by atoms with van der Waals surface area (Å²) in [5.74, 6) is 0.305. The second-order valence-electron chi connectivity index (χ2n) is 10.2. The molecule has 6 rings (SSSR count). The smallest absolute Gasteiger partial charge is 0.264 e. The van der Waals surface area contributed by atoms with E-state index in [-0.39, 0.29) is 34.9 Å². The number of nitrogen functional groups attached to an aromatic ring is 1. The summed E-state index contributed by atoms with van der Waals surface area (Å²) in [6, 6.07) is 15.6. The number of hydrogen-bond donors (Lipinski definition) is 2. The first-order valence-electron chi connectivity index (χ1n) is 13.7. The second kappa shape index (κ2) is 11.3. The summed E-state index contributed by atoms with van der Waals surface area (Å²) >= 11 is 0. The van der Waals surface area contributed by atoms with Crippen molar-refractivity contribution in [2.75, 3.05) is 18.8 Å². The number of carbonyl (C=O) groups excluding carboxylic acids is 1. The lowest BCUT2D eigenvalue weighted by Crippen LogP contribution is -2.39. The van der Waals surface area contributed by atoms with Crippen molar-refractivity contribution < 1.29 is 13.9 Å². The number of nitrogens with zero attached hydrogens (tertiary/aromatic N) is 6. The summed E-state index contributed by atoms with van der Waals surface area (Å²) in [4.78, 5) is 23.7. The fraction of sp³-hybridized carbons (Fsp3) is 0.300. The van der Waals surface area contributed by atoms with Gasteiger partial charge in [0.05, 0.1) is 18.0 Å². The Balaban J connectivity index is 1.30. The molecule has 4 heterocycles. The molecule has 208 valence electrons. The molecule has 41 heavy (non-hydrogen) atoms. The summed E-state index contributed by atoms with van der Waals surface area (Å²) in [6.45, 7) is 1.74. The normalized spacial score (nSPS) is 19.0. The number of benzene rings is 2. The number of aromatic nitrogens is 4. The molecular formula is C30H29FN8O2. The topological polar surface area (TPSA) is 135 Å². The SMILES string of the molecule is N#C/C(=C\C1CCCN1)C(=O)N1CCC[C@@H]1Cn1nc(-c2ccc(Oc3ccccc3)cc2F)c2c(N)ncnc21. The second-order valence-corrected chi connectivity index (χ2v) is 10.2. The first kappa shape index (κ1) is 26.4. The van der Waals surface area contributed by atoms with Crippen LogP contribution in [0.1, 0.15) is 25.7 Å². The van der Waals surface area contributed by atoms with E-state index in [9.17, 15) is 10.1 Å². The lowest BCUT2D eigenvalue weighted by Gasteiger charge is -2.24. The van der Waals surface area contributed by atoms with E-state index in [1.807, 2.05) is 18.2 Å². The van der Waals surface area contributed by atoms with E-state index < -0.39 is 5.82 Å². The molecule has 1 unspecified atom stereocenters. The zero-order valence-electron chi connectivity index (χ0n) is 22.3. The Kier molecular flexibility index (Phi) is 7.31. The molecule has 0 saturated carbocycles. The summed E-state index contributed by atoms with van der Waals surface area (Å²) < 4.78 is 22.9. The van der Waals surface area contributed by atoms with E-state index in [1.54, 1.807) is 39.9 Å². The fourth-order valence-electron chi connectivity index (χ4n) is 5.58. The molecule has 2 aliphatic heterocycles. The standard InChI is InChI=1S/C30H29FN8O2/c31-25-15-23(41-22-8-2-1-3-9-22)10-11-24(25)27-26-28(33)35-18-36-29(26)39(37-27)17-21-7-5-13-38(21)30(40)19(16-32)14-20-6-4-12-34-20/h1-3,8-11,14-15,18,20-21,34H,4-7,12-13,17H2,(H2,33,35,36)/b19-14+/t20?,21-/m1/s1. The van der Waals surface area contributed by atoms with E-state index in [0.717, 1.165) is 32.2 Å². The van der Waals surface area contributed by atoms with Crippen LogP contribution in [-0.2, 0) is 11.3 Å². The minimum Gasteiger partial charge on any atom is -0.457 e. The lowest BCUT2D eigenvalue weighted by molar-refractivity contribution is -0.127. The van der Waals surface area contributed by atoms with E-state index in [1.165, 1.54) is 12.4 Å². The molecule has 3 N–H and O–H groups in total. The van der Waals surface area contributed by atoms with Gasteiger partial charge in [-0.15, -0.1) is 0 Å². The third-order valence-corrected chi connectivity index (χ3v) is 7.57. The zero-order valence-corrected chi connectivity index (χ0v) is 22.3. The number of fused-ring (bicyclic) bond motifs is 1. The van der Waals surface area contributed by atoms with Gasteiger partial charge in [-0.1, -0.05) is 18.2 Å². The van der Waals surface area contributed by atoms with Crippen LogP contribution in [0.15, 0.2) is 66.5 Å². The maximum atomic E-state index is 15.5. The number of nitrogens with two attached hydrogens (primary N) is 1. The predicted octanol–water partition coefficient (Wildman–Crippen LogP) is 4.20. The summed E-state index contributed by atoms with van der Waals surface area (Å²) in [6.07, 6.45) is 6.55. The summed E-state index contributed by atoms with van der Waals surface area (Å²) in [5.41, 5.74) is 7.38. The number of halogens is 1. The molecule has 0 spiro atoms. The highest BCUT2D eigenvalue weighted by molar-refractivity contribution is 5.99. The van der Waals surface area contributed by atoms with E-state index in [0.29, 0.717) is 41.3 Å². The van der Waals surface area contributed by atoms with E-state index >= 15 is 4.39 Å². The number of hydrogen-bond acceptors (Lipinski definition) is 8. The van der Waals surface area contributed by atoms with Gasteiger partial charge in [0.15, 0.2) is 5.65 Å². The molecule has 10 nitrogen and oxygen atoms in total. The Morgan fingerprint density at radius 1 is 1.17 bits per heavy atom. The molecular weight excluding hydrogens is 523 g/mol. The van der Waals surface area contributed by atoms with Crippen LogP contribution in [0.3, 0.4) is 0 Å². The van der Waals surface area contributed by atoms with Gasteiger partial charge >= 0.3 is 0 Å². The largest absolute Gasteiger partial charge is 0.457 e. The van der Waals surface area contributed by atoms with Crippen molar-refractivity contribution in [1.29, 1.82) is 5.26 Å². The van der Waals surface area contributed by atoms with Crippen LogP contribution in [-0.4, -0.2) is 55.7 Å². The molecule has 0 bridgehead atoms. The van der Waals surface area contributed by atoms with E-state index in [4.69, 9.17) is 15.6 Å². The Morgan fingerprint density at radius 3 is 2.78 bits per heavy atom. The average molecular weight is 553 g/mol. The molecule has 2 aromatic carbocycles. The first-order valence-corrected chi connectivity index (χ1v) is 13.7. The maximum Gasteiger partial charge on any atom is 0.264 e. The summed E-state index contributed by atoms with van der Waals surface area (Å²) in [5, 5.41) is 18.2. The number of amides is 1. The number of carbonyl (C=O) groups is 1. The molecule has 2 aromatic heterocycles. The van der Waals surface area contributed by atoms with Crippen LogP contribution in [0.4, 0.5) is 10.2 Å². The monoisotopic (exact) mass is 552 g/mol. The van der Waals surface area contributed by atoms with Gasteiger partial charge in [0, 0.05) is 24.2 Å². The number of rotatable bonds is 7.